The lowest BCUT2D eigenvalue weighted by molar-refractivity contribution is 0.0970. The molecule has 40 heavy (non-hydrogen) atoms. The van der Waals surface area contributed by atoms with Crippen molar-refractivity contribution < 1.29 is 9.53 Å². The molecule has 0 aliphatic heterocycles. The van der Waals surface area contributed by atoms with Crippen molar-refractivity contribution in [3.8, 4) is 18.4 Å². The smallest absolute Gasteiger partial charge is 0.193 e. The number of ether oxygens (including phenoxy) is 1. The summed E-state index contributed by atoms with van der Waals surface area (Å²) in [6, 6.07) is 19.3. The second-order valence-corrected chi connectivity index (χ2v) is 10.4. The first-order valence-corrected chi connectivity index (χ1v) is 13.6. The number of imidazole rings is 1. The second-order valence-electron chi connectivity index (χ2n) is 10.4. The Labute approximate surface area is 232 Å². The highest BCUT2D eigenvalue weighted by Gasteiger charge is 2.27. The molecule has 3 heterocycles. The van der Waals surface area contributed by atoms with Gasteiger partial charge in [-0.15, -0.1) is 6.42 Å². The number of nitrogens with one attached hydrogen (secondary N) is 1. The predicted octanol–water partition coefficient (Wildman–Crippen LogP) is 6.49. The van der Waals surface area contributed by atoms with Crippen LogP contribution in [-0.4, -0.2) is 25.3 Å². The normalized spacial score (nSPS) is 17.1. The number of aromatic amines is 1. The van der Waals surface area contributed by atoms with Crippen LogP contribution in [0.1, 0.15) is 71.0 Å². The first-order chi connectivity index (χ1) is 19.6. The third-order valence-electron chi connectivity index (χ3n) is 7.90. The molecule has 6 rings (SSSR count). The molecule has 1 fully saturated rings. The second kappa shape index (κ2) is 11.2. The summed E-state index contributed by atoms with van der Waals surface area (Å²) in [6.07, 6.45) is 13.9. The molecule has 1 aliphatic carbocycles. The zero-order valence-corrected chi connectivity index (χ0v) is 22.1. The molecule has 0 radical (unpaired) electrons. The number of fused-ring (bicyclic) bond motifs is 3. The summed E-state index contributed by atoms with van der Waals surface area (Å²) in [5, 5.41) is 10.2. The lowest BCUT2D eigenvalue weighted by atomic mass is 9.84. The zero-order valence-electron chi connectivity index (χ0n) is 22.1. The summed E-state index contributed by atoms with van der Waals surface area (Å²) in [5.41, 5.74) is 5.76. The Balaban J connectivity index is 1.18. The van der Waals surface area contributed by atoms with Gasteiger partial charge in [-0.05, 0) is 67.5 Å². The quantitative estimate of drug-likeness (QED) is 0.184. The molecule has 7 nitrogen and oxygen atoms in total. The van der Waals surface area contributed by atoms with Gasteiger partial charge in [-0.2, -0.15) is 5.26 Å². The van der Waals surface area contributed by atoms with E-state index in [1.165, 1.54) is 0 Å². The van der Waals surface area contributed by atoms with Gasteiger partial charge in [0.15, 0.2) is 5.78 Å². The predicted molar refractivity (Wildman–Crippen MR) is 153 cm³/mol. The highest BCUT2D eigenvalue weighted by atomic mass is 16.5. The van der Waals surface area contributed by atoms with Crippen molar-refractivity contribution in [3.63, 3.8) is 0 Å². The zero-order chi connectivity index (χ0) is 27.5. The molecule has 3 aromatic heterocycles. The van der Waals surface area contributed by atoms with Crippen LogP contribution >= 0.6 is 0 Å². The molecule has 0 bridgehead atoms. The fraction of sp³-hybridized carbons (Fsp3) is 0.273. The third-order valence-corrected chi connectivity index (χ3v) is 7.90. The van der Waals surface area contributed by atoms with Gasteiger partial charge in [-0.3, -0.25) is 4.79 Å². The maximum Gasteiger partial charge on any atom is 0.193 e. The molecule has 0 saturated heterocycles. The van der Waals surface area contributed by atoms with E-state index in [4.69, 9.17) is 21.4 Å². The van der Waals surface area contributed by atoms with Crippen molar-refractivity contribution in [2.24, 2.45) is 5.92 Å². The summed E-state index contributed by atoms with van der Waals surface area (Å²) in [5.74, 6) is 3.88. The van der Waals surface area contributed by atoms with Crippen LogP contribution in [0.3, 0.4) is 0 Å². The lowest BCUT2D eigenvalue weighted by Crippen LogP contribution is -2.20. The molecule has 5 aromatic rings. The molecule has 1 saturated carbocycles. The average molecular weight is 528 g/mol. The topological polar surface area (TPSA) is 96.6 Å². The number of ketones is 1. The maximum absolute atomic E-state index is 12.8. The van der Waals surface area contributed by atoms with Gasteiger partial charge in [0.05, 0.1) is 24.4 Å². The number of benzene rings is 2. The standard InChI is InChI=1S/C33H29N5O2/c1-2-22-3-9-25(10-4-22)32(39)26-11-5-24(6-12-26)20-40-21-30-37-29-19-36-33-28(16-18-35-33)31(29)38(30)27-13-7-23(8-14-27)15-17-34/h1,3-6,9-12,16,18-19,23,27H,7-8,13-15,20-21H2,(H,35,36)/t23-,27-. The Morgan fingerprint density at radius 2 is 1.75 bits per heavy atom. The van der Waals surface area contributed by atoms with Crippen LogP contribution in [-0.2, 0) is 18.0 Å². The van der Waals surface area contributed by atoms with Crippen molar-refractivity contribution in [2.75, 3.05) is 0 Å². The van der Waals surface area contributed by atoms with Crippen LogP contribution in [0.25, 0.3) is 22.1 Å². The number of nitriles is 1. The van der Waals surface area contributed by atoms with Gasteiger partial charge < -0.3 is 14.3 Å². The number of nitrogens with zero attached hydrogens (tertiary/aromatic N) is 4. The number of terminal acetylenes is 1. The van der Waals surface area contributed by atoms with E-state index in [2.05, 4.69) is 32.6 Å². The van der Waals surface area contributed by atoms with Gasteiger partial charge in [0.2, 0.25) is 0 Å². The average Bonchev–Trinajstić information content (AvgIpc) is 3.62. The fourth-order valence-corrected chi connectivity index (χ4v) is 5.77. The molecular weight excluding hydrogens is 498 g/mol. The summed E-state index contributed by atoms with van der Waals surface area (Å²) >= 11 is 0. The van der Waals surface area contributed by atoms with Gasteiger partial charge in [0.25, 0.3) is 0 Å². The van der Waals surface area contributed by atoms with Gasteiger partial charge in [0.1, 0.15) is 23.6 Å². The molecule has 1 aliphatic rings. The minimum Gasteiger partial charge on any atom is -0.369 e. The molecule has 0 unspecified atom stereocenters. The van der Waals surface area contributed by atoms with Crippen LogP contribution in [0.2, 0.25) is 0 Å². The SMILES string of the molecule is C#Cc1ccc(C(=O)c2ccc(COCc3nc4cnc5[nH]ccc5c4n3[C@H]3CC[C@H](CC#N)CC3)cc2)cc1. The molecule has 0 spiro atoms. The van der Waals surface area contributed by atoms with E-state index in [1.807, 2.05) is 36.7 Å². The van der Waals surface area contributed by atoms with Crippen LogP contribution in [0.15, 0.2) is 67.0 Å². The van der Waals surface area contributed by atoms with E-state index in [9.17, 15) is 4.79 Å². The van der Waals surface area contributed by atoms with Crippen molar-refractivity contribution in [2.45, 2.75) is 51.4 Å². The Kier molecular flexibility index (Phi) is 7.14. The molecule has 7 heteroatoms. The molecule has 1 N–H and O–H groups in total. The number of aromatic nitrogens is 4. The number of rotatable bonds is 8. The summed E-state index contributed by atoms with van der Waals surface area (Å²) in [7, 11) is 0. The van der Waals surface area contributed by atoms with Crippen molar-refractivity contribution in [1.29, 1.82) is 5.26 Å². The summed E-state index contributed by atoms with van der Waals surface area (Å²) < 4.78 is 8.52. The van der Waals surface area contributed by atoms with Crippen LogP contribution < -0.4 is 0 Å². The molecule has 198 valence electrons. The molecule has 0 atom stereocenters. The molecular formula is C33H29N5O2. The van der Waals surface area contributed by atoms with E-state index in [0.29, 0.717) is 42.7 Å². The lowest BCUT2D eigenvalue weighted by Gasteiger charge is -2.30. The number of pyridine rings is 1. The highest BCUT2D eigenvalue weighted by Crippen LogP contribution is 2.38. The maximum atomic E-state index is 12.8. The van der Waals surface area contributed by atoms with Gasteiger partial charge in [0, 0.05) is 40.7 Å². The number of hydrogen-bond acceptors (Lipinski definition) is 5. The third kappa shape index (κ3) is 5.00. The van der Waals surface area contributed by atoms with Crippen LogP contribution in [0, 0.1) is 29.6 Å². The monoisotopic (exact) mass is 527 g/mol. The fourth-order valence-electron chi connectivity index (χ4n) is 5.77. The highest BCUT2D eigenvalue weighted by molar-refractivity contribution is 6.09. The Morgan fingerprint density at radius 3 is 2.45 bits per heavy atom. The van der Waals surface area contributed by atoms with Crippen LogP contribution in [0.5, 0.6) is 0 Å². The number of carbonyl (C=O) groups is 1. The summed E-state index contributed by atoms with van der Waals surface area (Å²) in [6.45, 7) is 0.766. The Morgan fingerprint density at radius 1 is 1.02 bits per heavy atom. The van der Waals surface area contributed by atoms with Crippen molar-refractivity contribution in [1.82, 2.24) is 19.5 Å². The van der Waals surface area contributed by atoms with E-state index in [0.717, 1.165) is 64.7 Å². The van der Waals surface area contributed by atoms with E-state index in [-0.39, 0.29) is 5.78 Å². The van der Waals surface area contributed by atoms with Gasteiger partial charge in [-0.1, -0.05) is 30.2 Å². The first kappa shape index (κ1) is 25.6. The van der Waals surface area contributed by atoms with Crippen LogP contribution in [0.4, 0.5) is 0 Å². The largest absolute Gasteiger partial charge is 0.369 e. The minimum atomic E-state index is -0.0427. The Bertz CT molecular complexity index is 1740. The van der Waals surface area contributed by atoms with E-state index < -0.39 is 0 Å². The number of carbonyl (C=O) groups excluding carboxylic acids is 1. The molecule has 0 amide bonds. The van der Waals surface area contributed by atoms with Gasteiger partial charge in [-0.25, -0.2) is 9.97 Å². The summed E-state index contributed by atoms with van der Waals surface area (Å²) in [4.78, 5) is 25.5. The number of H-pyrrole nitrogens is 1. The Hall–Kier alpha value is -4.72. The van der Waals surface area contributed by atoms with E-state index >= 15 is 0 Å². The molecule has 2 aromatic carbocycles. The van der Waals surface area contributed by atoms with E-state index in [1.54, 1.807) is 24.3 Å². The van der Waals surface area contributed by atoms with Crippen molar-refractivity contribution >= 4 is 27.9 Å². The first-order valence-electron chi connectivity index (χ1n) is 13.6. The van der Waals surface area contributed by atoms with Crippen molar-refractivity contribution in [3.05, 3.63) is 95.1 Å². The minimum absolute atomic E-state index is 0.0427. The van der Waals surface area contributed by atoms with Gasteiger partial charge >= 0.3 is 0 Å². The number of hydrogen-bond donors (Lipinski definition) is 1.